The Morgan fingerprint density at radius 1 is 1.47 bits per heavy atom. The van der Waals surface area contributed by atoms with E-state index in [0.29, 0.717) is 21.6 Å². The molecule has 1 amide bonds. The van der Waals surface area contributed by atoms with Crippen molar-refractivity contribution in [1.82, 2.24) is 10.6 Å². The molecule has 0 spiro atoms. The van der Waals surface area contributed by atoms with E-state index in [1.165, 1.54) is 6.07 Å². The minimum absolute atomic E-state index is 0.0604. The van der Waals surface area contributed by atoms with Gasteiger partial charge in [0.2, 0.25) is 0 Å². The molecule has 2 aromatic rings. The Kier molecular flexibility index (Phi) is 4.26. The van der Waals surface area contributed by atoms with Crippen molar-refractivity contribution in [2.45, 2.75) is 6.61 Å². The number of rotatable bonds is 4. The van der Waals surface area contributed by atoms with E-state index in [9.17, 15) is 4.79 Å². The second kappa shape index (κ2) is 5.92. The topological polar surface area (TPSA) is 90.4 Å². The second-order valence-electron chi connectivity index (χ2n) is 3.49. The Morgan fingerprint density at radius 2 is 2.26 bits per heavy atom. The van der Waals surface area contributed by atoms with Crippen LogP contribution in [0.25, 0.3) is 0 Å². The number of nitrogen functional groups attached to an aromatic ring is 1. The van der Waals surface area contributed by atoms with Gasteiger partial charge in [-0.15, -0.1) is 0 Å². The number of aromatic nitrogens is 1. The molecular weight excluding hydrogens is 293 g/mol. The van der Waals surface area contributed by atoms with Crippen LogP contribution in [0.3, 0.4) is 0 Å². The zero-order valence-electron chi connectivity index (χ0n) is 9.52. The average molecular weight is 302 g/mol. The fraction of sp³-hybridized carbons (Fsp3) is 0.0909. The van der Waals surface area contributed by atoms with Crippen molar-refractivity contribution in [2.75, 3.05) is 0 Å². The van der Waals surface area contributed by atoms with Crippen LogP contribution in [0.4, 0.5) is 0 Å². The van der Waals surface area contributed by atoms with Gasteiger partial charge in [-0.25, -0.2) is 5.84 Å². The molecule has 2 rings (SSSR count). The van der Waals surface area contributed by atoms with Crippen LogP contribution < -0.4 is 16.0 Å². The van der Waals surface area contributed by atoms with Gasteiger partial charge in [0.25, 0.3) is 5.91 Å². The van der Waals surface area contributed by atoms with Gasteiger partial charge < -0.3 is 9.26 Å². The van der Waals surface area contributed by atoms with Crippen LogP contribution in [0, 0.1) is 0 Å². The van der Waals surface area contributed by atoms with E-state index in [2.05, 4.69) is 5.16 Å². The fourth-order valence-electron chi connectivity index (χ4n) is 1.31. The smallest absolute Gasteiger partial charge is 0.287 e. The van der Waals surface area contributed by atoms with Gasteiger partial charge in [0.05, 0.1) is 5.02 Å². The van der Waals surface area contributed by atoms with Gasteiger partial charge in [-0.05, 0) is 12.1 Å². The summed E-state index contributed by atoms with van der Waals surface area (Å²) in [6.07, 6.45) is 0. The normalized spacial score (nSPS) is 10.3. The maximum absolute atomic E-state index is 11.2. The molecule has 0 saturated heterocycles. The minimum atomic E-state index is -0.546. The summed E-state index contributed by atoms with van der Waals surface area (Å²) in [5, 5.41) is 4.23. The van der Waals surface area contributed by atoms with Crippen LogP contribution in [0.2, 0.25) is 10.0 Å². The molecule has 0 unspecified atom stereocenters. The Morgan fingerprint density at radius 3 is 3.00 bits per heavy atom. The van der Waals surface area contributed by atoms with Gasteiger partial charge in [0.15, 0.2) is 11.5 Å². The van der Waals surface area contributed by atoms with Crippen molar-refractivity contribution in [2.24, 2.45) is 5.84 Å². The highest BCUT2D eigenvalue weighted by Gasteiger charge is 2.12. The first-order valence-electron chi connectivity index (χ1n) is 5.15. The summed E-state index contributed by atoms with van der Waals surface area (Å²) in [7, 11) is 0. The molecule has 0 aliphatic carbocycles. The van der Waals surface area contributed by atoms with Crippen molar-refractivity contribution < 1.29 is 14.1 Å². The summed E-state index contributed by atoms with van der Waals surface area (Å²) in [6.45, 7) is 0.0604. The van der Waals surface area contributed by atoms with Gasteiger partial charge in [0, 0.05) is 6.07 Å². The van der Waals surface area contributed by atoms with E-state index in [-0.39, 0.29) is 12.3 Å². The van der Waals surface area contributed by atoms with Crippen LogP contribution in [0.5, 0.6) is 5.75 Å². The van der Waals surface area contributed by atoms with Gasteiger partial charge in [0.1, 0.15) is 17.4 Å². The molecule has 0 aliphatic heterocycles. The van der Waals surface area contributed by atoms with Crippen LogP contribution in [-0.2, 0) is 6.61 Å². The average Bonchev–Trinajstić information content (AvgIpc) is 2.88. The van der Waals surface area contributed by atoms with Gasteiger partial charge in [-0.2, -0.15) is 0 Å². The highest BCUT2D eigenvalue weighted by molar-refractivity contribution is 6.42. The lowest BCUT2D eigenvalue weighted by molar-refractivity contribution is 0.0944. The molecule has 0 atom stereocenters. The Labute approximate surface area is 118 Å². The maximum atomic E-state index is 11.2. The third kappa shape index (κ3) is 3.17. The lowest BCUT2D eigenvalue weighted by atomic mass is 10.3. The summed E-state index contributed by atoms with van der Waals surface area (Å²) < 4.78 is 10.3. The van der Waals surface area contributed by atoms with Crippen LogP contribution in [0.15, 0.2) is 28.8 Å². The number of carbonyl (C=O) groups excluding carboxylic acids is 1. The third-order valence-corrected chi connectivity index (χ3v) is 3.01. The predicted molar refractivity (Wildman–Crippen MR) is 69.0 cm³/mol. The van der Waals surface area contributed by atoms with Crippen molar-refractivity contribution in [3.8, 4) is 5.75 Å². The molecule has 1 aromatic heterocycles. The number of amides is 1. The van der Waals surface area contributed by atoms with E-state index < -0.39 is 5.91 Å². The van der Waals surface area contributed by atoms with E-state index in [1.807, 2.05) is 5.43 Å². The number of nitrogens with one attached hydrogen (secondary N) is 1. The van der Waals surface area contributed by atoms with Crippen molar-refractivity contribution in [1.29, 1.82) is 0 Å². The van der Waals surface area contributed by atoms with E-state index in [4.69, 9.17) is 38.3 Å². The Hall–Kier alpha value is -1.76. The summed E-state index contributed by atoms with van der Waals surface area (Å²) in [6, 6.07) is 6.44. The molecule has 6 nitrogen and oxygen atoms in total. The molecular formula is C11H9Cl2N3O3. The summed E-state index contributed by atoms with van der Waals surface area (Å²) in [5.74, 6) is 5.19. The zero-order valence-corrected chi connectivity index (χ0v) is 11.0. The summed E-state index contributed by atoms with van der Waals surface area (Å²) in [5.41, 5.74) is 2.01. The van der Waals surface area contributed by atoms with Crippen molar-refractivity contribution in [3.05, 3.63) is 45.8 Å². The van der Waals surface area contributed by atoms with Crippen molar-refractivity contribution >= 4 is 29.1 Å². The quantitative estimate of drug-likeness (QED) is 0.513. The number of carbonyl (C=O) groups is 1. The lowest BCUT2D eigenvalue weighted by Gasteiger charge is -2.06. The molecule has 100 valence electrons. The number of hydrogen-bond acceptors (Lipinski definition) is 5. The molecule has 0 radical (unpaired) electrons. The van der Waals surface area contributed by atoms with Crippen LogP contribution >= 0.6 is 23.2 Å². The number of nitrogens with two attached hydrogens (primary N) is 1. The Balaban J connectivity index is 2.04. The molecule has 1 heterocycles. The molecule has 3 N–H and O–H groups in total. The van der Waals surface area contributed by atoms with Gasteiger partial charge in [-0.1, -0.05) is 34.4 Å². The van der Waals surface area contributed by atoms with E-state index in [1.54, 1.807) is 18.2 Å². The fourth-order valence-corrected chi connectivity index (χ4v) is 1.65. The van der Waals surface area contributed by atoms with Crippen LogP contribution in [0.1, 0.15) is 16.2 Å². The van der Waals surface area contributed by atoms with Crippen LogP contribution in [-0.4, -0.2) is 11.1 Å². The molecule has 0 saturated carbocycles. The number of hydrazine groups is 1. The maximum Gasteiger partial charge on any atom is 0.287 e. The third-order valence-electron chi connectivity index (χ3n) is 2.21. The Bertz CT molecular complexity index is 601. The van der Waals surface area contributed by atoms with Gasteiger partial charge in [-0.3, -0.25) is 10.2 Å². The molecule has 0 fully saturated rings. The zero-order chi connectivity index (χ0) is 13.8. The first kappa shape index (κ1) is 13.7. The SMILES string of the molecule is NNC(=O)c1cc(COc2cccc(Cl)c2Cl)on1. The first-order chi connectivity index (χ1) is 9.11. The summed E-state index contributed by atoms with van der Waals surface area (Å²) in [4.78, 5) is 11.2. The lowest BCUT2D eigenvalue weighted by Crippen LogP contribution is -2.30. The summed E-state index contributed by atoms with van der Waals surface area (Å²) >= 11 is 11.8. The number of hydrogen-bond donors (Lipinski definition) is 2. The van der Waals surface area contributed by atoms with E-state index >= 15 is 0 Å². The van der Waals surface area contributed by atoms with Gasteiger partial charge >= 0.3 is 0 Å². The molecule has 19 heavy (non-hydrogen) atoms. The highest BCUT2D eigenvalue weighted by Crippen LogP contribution is 2.31. The minimum Gasteiger partial charge on any atom is -0.484 e. The molecule has 0 aliphatic rings. The highest BCUT2D eigenvalue weighted by atomic mass is 35.5. The largest absolute Gasteiger partial charge is 0.484 e. The molecule has 1 aromatic carbocycles. The molecule has 0 bridgehead atoms. The molecule has 8 heteroatoms. The number of benzene rings is 1. The second-order valence-corrected chi connectivity index (χ2v) is 4.28. The number of nitrogens with zero attached hydrogens (tertiary/aromatic N) is 1. The first-order valence-corrected chi connectivity index (χ1v) is 5.90. The predicted octanol–water partition coefficient (Wildman–Crippen LogP) is 2.16. The standard InChI is InChI=1S/C11H9Cl2N3O3/c12-7-2-1-3-9(10(7)13)18-5-6-4-8(16-19-6)11(17)15-14/h1-4H,5,14H2,(H,15,17). The number of ether oxygens (including phenoxy) is 1. The monoisotopic (exact) mass is 301 g/mol. The number of halogens is 2. The van der Waals surface area contributed by atoms with E-state index in [0.717, 1.165) is 0 Å². The van der Waals surface area contributed by atoms with Crippen molar-refractivity contribution in [3.63, 3.8) is 0 Å².